The fourth-order valence-corrected chi connectivity index (χ4v) is 5.33. The number of esters is 1. The molecule has 0 aromatic carbocycles. The highest BCUT2D eigenvalue weighted by molar-refractivity contribution is 5.66. The molecule has 3 aliphatic rings. The molecule has 114 valence electrons. The number of quaternary nitrogens is 1. The van der Waals surface area contributed by atoms with Gasteiger partial charge in [-0.1, -0.05) is 6.42 Å². The molecule has 0 amide bonds. The van der Waals surface area contributed by atoms with Gasteiger partial charge in [-0.25, -0.2) is 0 Å². The number of carbonyl (C=O) groups is 1. The Labute approximate surface area is 123 Å². The Morgan fingerprint density at radius 1 is 1.00 bits per heavy atom. The maximum atomic E-state index is 11.5. The van der Waals surface area contributed by atoms with Crippen LogP contribution >= 0.6 is 0 Å². The summed E-state index contributed by atoms with van der Waals surface area (Å²) >= 11 is 0. The van der Waals surface area contributed by atoms with Crippen LogP contribution in [-0.2, 0) is 9.53 Å². The van der Waals surface area contributed by atoms with Crippen LogP contribution in [0.25, 0.3) is 0 Å². The Hall–Kier alpha value is -0.570. The van der Waals surface area contributed by atoms with Crippen LogP contribution in [0.5, 0.6) is 0 Å². The molecule has 1 heterocycles. The topological polar surface area (TPSA) is 26.3 Å². The van der Waals surface area contributed by atoms with Gasteiger partial charge < -0.3 is 9.22 Å². The first-order chi connectivity index (χ1) is 9.60. The number of ether oxygens (including phenoxy) is 1. The summed E-state index contributed by atoms with van der Waals surface area (Å²) in [7, 11) is 2.46. The lowest BCUT2D eigenvalue weighted by atomic mass is 9.66. The number of rotatable bonds is 2. The lowest BCUT2D eigenvalue weighted by molar-refractivity contribution is -0.943. The second kappa shape index (κ2) is 5.67. The van der Waals surface area contributed by atoms with Crippen molar-refractivity contribution in [3.05, 3.63) is 0 Å². The summed E-state index contributed by atoms with van der Waals surface area (Å²) in [5.74, 6) is 1.19. The standard InChI is InChI=1S/C17H30NO2/c1-13(19)20-17-14-7-6-8-15(17)16(10-9-14)18(2)11-4-3-5-12-18/h14-17H,3-12H2,1-2H3/q+1/t14-,15+,16-,17-/m1/s1. The average Bonchev–Trinajstić information content (AvgIpc) is 2.38. The molecule has 1 aliphatic heterocycles. The number of hydrogen-bond acceptors (Lipinski definition) is 2. The van der Waals surface area contributed by atoms with Crippen LogP contribution in [0.4, 0.5) is 0 Å². The van der Waals surface area contributed by atoms with Gasteiger partial charge in [0.2, 0.25) is 0 Å². The normalized spacial score (nSPS) is 40.1. The van der Waals surface area contributed by atoms with Crippen molar-refractivity contribution in [2.75, 3.05) is 20.1 Å². The molecule has 2 saturated carbocycles. The zero-order chi connectivity index (χ0) is 14.2. The van der Waals surface area contributed by atoms with Crippen LogP contribution in [0.15, 0.2) is 0 Å². The minimum atomic E-state index is -0.0751. The van der Waals surface area contributed by atoms with E-state index in [1.807, 2.05) is 0 Å². The van der Waals surface area contributed by atoms with Crippen molar-refractivity contribution in [2.45, 2.75) is 70.4 Å². The number of carbonyl (C=O) groups excluding carboxylic acids is 1. The Bertz CT molecular complexity index is 362. The fraction of sp³-hybridized carbons (Fsp3) is 0.941. The van der Waals surface area contributed by atoms with Crippen molar-refractivity contribution in [3.63, 3.8) is 0 Å². The fourth-order valence-electron chi connectivity index (χ4n) is 5.33. The van der Waals surface area contributed by atoms with E-state index in [2.05, 4.69) is 7.05 Å². The van der Waals surface area contributed by atoms with Gasteiger partial charge in [0.1, 0.15) is 6.10 Å². The molecular weight excluding hydrogens is 250 g/mol. The van der Waals surface area contributed by atoms with E-state index >= 15 is 0 Å². The second-order valence-electron chi connectivity index (χ2n) is 7.56. The van der Waals surface area contributed by atoms with Gasteiger partial charge in [-0.05, 0) is 44.4 Å². The van der Waals surface area contributed by atoms with E-state index in [4.69, 9.17) is 4.74 Å². The summed E-state index contributed by atoms with van der Waals surface area (Å²) in [6.07, 6.45) is 10.9. The summed E-state index contributed by atoms with van der Waals surface area (Å²) < 4.78 is 7.02. The summed E-state index contributed by atoms with van der Waals surface area (Å²) in [5, 5.41) is 0. The Morgan fingerprint density at radius 2 is 1.75 bits per heavy atom. The highest BCUT2D eigenvalue weighted by Crippen LogP contribution is 2.46. The van der Waals surface area contributed by atoms with Gasteiger partial charge >= 0.3 is 5.97 Å². The molecule has 0 unspecified atom stereocenters. The van der Waals surface area contributed by atoms with Crippen LogP contribution in [0, 0.1) is 11.8 Å². The Morgan fingerprint density at radius 3 is 2.45 bits per heavy atom. The molecule has 0 aromatic rings. The van der Waals surface area contributed by atoms with Crippen molar-refractivity contribution in [3.8, 4) is 0 Å². The number of likely N-dealkylation sites (tertiary alicyclic amines) is 1. The van der Waals surface area contributed by atoms with E-state index in [1.165, 1.54) is 68.9 Å². The smallest absolute Gasteiger partial charge is 0.302 e. The Kier molecular flexibility index (Phi) is 4.07. The van der Waals surface area contributed by atoms with Crippen LogP contribution in [0.1, 0.15) is 58.3 Å². The molecule has 0 N–H and O–H groups in total. The monoisotopic (exact) mass is 280 g/mol. The van der Waals surface area contributed by atoms with Gasteiger partial charge in [0.15, 0.2) is 0 Å². The minimum Gasteiger partial charge on any atom is -0.462 e. The van der Waals surface area contributed by atoms with Gasteiger partial charge in [0.25, 0.3) is 0 Å². The SMILES string of the molecule is CC(=O)O[C@@H]1[C@@H]2CCC[C@H]1[C@H]([N+]1(C)CCCCC1)CC2. The van der Waals surface area contributed by atoms with E-state index in [1.54, 1.807) is 6.92 Å². The van der Waals surface area contributed by atoms with Gasteiger partial charge in [-0.3, -0.25) is 4.79 Å². The van der Waals surface area contributed by atoms with Gasteiger partial charge in [-0.15, -0.1) is 0 Å². The molecule has 4 atom stereocenters. The molecule has 3 heteroatoms. The molecule has 2 bridgehead atoms. The molecular formula is C17H30NO2+. The van der Waals surface area contributed by atoms with Gasteiger partial charge in [0.05, 0.1) is 26.2 Å². The summed E-state index contributed by atoms with van der Waals surface area (Å²) in [4.78, 5) is 11.5. The van der Waals surface area contributed by atoms with Crippen LogP contribution in [0.3, 0.4) is 0 Å². The number of nitrogens with zero attached hydrogens (tertiary/aromatic N) is 1. The first-order valence-corrected chi connectivity index (χ1v) is 8.61. The van der Waals surface area contributed by atoms with E-state index < -0.39 is 0 Å². The van der Waals surface area contributed by atoms with Crippen LogP contribution in [0.2, 0.25) is 0 Å². The largest absolute Gasteiger partial charge is 0.462 e. The van der Waals surface area contributed by atoms with E-state index in [9.17, 15) is 4.79 Å². The summed E-state index contributed by atoms with van der Waals surface area (Å²) in [6.45, 7) is 4.24. The van der Waals surface area contributed by atoms with Crippen molar-refractivity contribution < 1.29 is 14.0 Å². The molecule has 0 radical (unpaired) electrons. The third kappa shape index (κ3) is 2.61. The van der Waals surface area contributed by atoms with E-state index in [-0.39, 0.29) is 12.1 Å². The summed E-state index contributed by atoms with van der Waals surface area (Å²) in [5.41, 5.74) is 0. The maximum absolute atomic E-state index is 11.5. The van der Waals surface area contributed by atoms with Crippen molar-refractivity contribution in [1.29, 1.82) is 0 Å². The van der Waals surface area contributed by atoms with E-state index in [0.717, 1.165) is 6.04 Å². The molecule has 0 aromatic heterocycles. The molecule has 2 aliphatic carbocycles. The lowest BCUT2D eigenvalue weighted by Crippen LogP contribution is -2.63. The van der Waals surface area contributed by atoms with Gasteiger partial charge in [-0.2, -0.15) is 0 Å². The van der Waals surface area contributed by atoms with Crippen LogP contribution < -0.4 is 0 Å². The zero-order valence-corrected chi connectivity index (χ0v) is 13.1. The first kappa shape index (κ1) is 14.4. The van der Waals surface area contributed by atoms with Crippen molar-refractivity contribution >= 4 is 5.97 Å². The predicted molar refractivity (Wildman–Crippen MR) is 79.2 cm³/mol. The predicted octanol–water partition coefficient (Wildman–Crippen LogP) is 3.13. The lowest BCUT2D eigenvalue weighted by Gasteiger charge is -2.54. The third-order valence-electron chi connectivity index (χ3n) is 6.27. The van der Waals surface area contributed by atoms with Gasteiger partial charge in [0, 0.05) is 19.3 Å². The minimum absolute atomic E-state index is 0.0751. The second-order valence-corrected chi connectivity index (χ2v) is 7.56. The van der Waals surface area contributed by atoms with Crippen molar-refractivity contribution in [2.24, 2.45) is 11.8 Å². The number of hydrogen-bond donors (Lipinski definition) is 0. The Balaban J connectivity index is 1.79. The zero-order valence-electron chi connectivity index (χ0n) is 13.1. The quantitative estimate of drug-likeness (QED) is 0.574. The number of piperidine rings is 1. The highest BCUT2D eigenvalue weighted by atomic mass is 16.5. The summed E-state index contributed by atoms with van der Waals surface area (Å²) in [6, 6.07) is 0.733. The molecule has 3 rings (SSSR count). The maximum Gasteiger partial charge on any atom is 0.302 e. The third-order valence-corrected chi connectivity index (χ3v) is 6.27. The van der Waals surface area contributed by atoms with E-state index in [0.29, 0.717) is 11.8 Å². The van der Waals surface area contributed by atoms with Crippen molar-refractivity contribution in [1.82, 2.24) is 0 Å². The highest BCUT2D eigenvalue weighted by Gasteiger charge is 2.50. The first-order valence-electron chi connectivity index (χ1n) is 8.61. The number of fused-ring (bicyclic) bond motifs is 2. The molecule has 3 nitrogen and oxygen atoms in total. The molecule has 0 spiro atoms. The molecule has 3 fully saturated rings. The molecule has 1 saturated heterocycles. The van der Waals surface area contributed by atoms with Crippen LogP contribution in [-0.4, -0.2) is 42.7 Å². The average molecular weight is 280 g/mol. The molecule has 20 heavy (non-hydrogen) atoms.